The third-order valence-electron chi connectivity index (χ3n) is 2.49. The van der Waals surface area contributed by atoms with Crippen molar-refractivity contribution in [2.45, 2.75) is 19.8 Å². The van der Waals surface area contributed by atoms with Crippen LogP contribution in [0.4, 0.5) is 0 Å². The molecule has 0 heterocycles. The first kappa shape index (κ1) is 15.4. The Morgan fingerprint density at radius 1 is 1.37 bits per heavy atom. The molecule has 0 aromatic heterocycles. The lowest BCUT2D eigenvalue weighted by Gasteiger charge is -2.06. The quantitative estimate of drug-likeness (QED) is 0.594. The van der Waals surface area contributed by atoms with Crippen LogP contribution in [0.1, 0.15) is 23.6 Å². The van der Waals surface area contributed by atoms with Crippen molar-refractivity contribution < 1.29 is 14.3 Å². The molecule has 1 rings (SSSR count). The molecule has 0 spiro atoms. The smallest absolute Gasteiger partial charge is 0.310 e. The van der Waals surface area contributed by atoms with Crippen molar-refractivity contribution in [3.8, 4) is 6.07 Å². The average Bonchev–Trinajstić information content (AvgIpc) is 2.40. The number of alkyl halides is 1. The van der Waals surface area contributed by atoms with Crippen molar-refractivity contribution in [2.24, 2.45) is 0 Å². The zero-order valence-electron chi connectivity index (χ0n) is 10.6. The van der Waals surface area contributed by atoms with E-state index in [-0.39, 0.29) is 24.6 Å². The van der Waals surface area contributed by atoms with Crippen LogP contribution in [0.25, 0.3) is 0 Å². The summed E-state index contributed by atoms with van der Waals surface area (Å²) < 4.78 is 4.85. The number of ether oxygens (including phenoxy) is 1. The van der Waals surface area contributed by atoms with Crippen LogP contribution in [0.5, 0.6) is 0 Å². The minimum atomic E-state index is -0.358. The summed E-state index contributed by atoms with van der Waals surface area (Å²) in [5, 5.41) is 9.37. The van der Waals surface area contributed by atoms with E-state index in [1.807, 2.05) is 6.07 Å². The topological polar surface area (TPSA) is 67.2 Å². The summed E-state index contributed by atoms with van der Waals surface area (Å²) >= 11 is 3.10. The molecular weight excluding hydrogens is 310 g/mol. The number of nitriles is 1. The number of rotatable bonds is 6. The highest BCUT2D eigenvalue weighted by atomic mass is 79.9. The summed E-state index contributed by atoms with van der Waals surface area (Å²) in [5.41, 5.74) is 1.80. The van der Waals surface area contributed by atoms with Crippen molar-refractivity contribution in [1.29, 1.82) is 5.26 Å². The second kappa shape index (κ2) is 7.70. The number of hydrogen-bond donors (Lipinski definition) is 0. The molecule has 0 atom stereocenters. The zero-order valence-corrected chi connectivity index (χ0v) is 12.2. The molecule has 100 valence electrons. The number of nitrogens with zero attached hydrogens (tertiary/aromatic N) is 1. The number of carbonyl (C=O) groups excluding carboxylic acids is 2. The van der Waals surface area contributed by atoms with Gasteiger partial charge < -0.3 is 4.74 Å². The van der Waals surface area contributed by atoms with Gasteiger partial charge in [0.05, 0.1) is 30.0 Å². The SMILES string of the molecule is CCOC(=O)Cc1ccc(CC(=O)CBr)cc1C#N. The van der Waals surface area contributed by atoms with Crippen molar-refractivity contribution in [3.63, 3.8) is 0 Å². The van der Waals surface area contributed by atoms with E-state index in [9.17, 15) is 9.59 Å². The van der Waals surface area contributed by atoms with Gasteiger partial charge in [-0.05, 0) is 24.1 Å². The largest absolute Gasteiger partial charge is 0.466 e. The highest BCUT2D eigenvalue weighted by Crippen LogP contribution is 2.14. The van der Waals surface area contributed by atoms with E-state index in [1.54, 1.807) is 25.1 Å². The van der Waals surface area contributed by atoms with E-state index >= 15 is 0 Å². The van der Waals surface area contributed by atoms with Crippen LogP contribution in [0, 0.1) is 11.3 Å². The molecule has 0 N–H and O–H groups in total. The second-order valence-electron chi connectivity index (χ2n) is 3.93. The number of Topliss-reactive ketones (excluding diaryl/α,β-unsaturated/α-hetero) is 1. The molecule has 0 aliphatic rings. The van der Waals surface area contributed by atoms with E-state index in [1.165, 1.54) is 0 Å². The van der Waals surface area contributed by atoms with Gasteiger partial charge in [0.15, 0.2) is 0 Å². The van der Waals surface area contributed by atoms with Gasteiger partial charge >= 0.3 is 5.97 Å². The molecular formula is C14H14BrNO3. The molecule has 4 nitrogen and oxygen atoms in total. The van der Waals surface area contributed by atoms with Gasteiger partial charge in [-0.25, -0.2) is 0 Å². The number of carbonyl (C=O) groups is 2. The Labute approximate surface area is 120 Å². The molecule has 0 fully saturated rings. The van der Waals surface area contributed by atoms with Gasteiger partial charge in [-0.2, -0.15) is 5.26 Å². The lowest BCUT2D eigenvalue weighted by Crippen LogP contribution is -2.09. The molecule has 0 unspecified atom stereocenters. The van der Waals surface area contributed by atoms with E-state index < -0.39 is 0 Å². The maximum absolute atomic E-state index is 11.4. The maximum Gasteiger partial charge on any atom is 0.310 e. The third kappa shape index (κ3) is 4.84. The molecule has 1 aromatic carbocycles. The van der Waals surface area contributed by atoms with Crippen LogP contribution in [0.15, 0.2) is 18.2 Å². The standard InChI is InChI=1S/C14H14BrNO3/c1-2-19-14(18)7-11-4-3-10(5-12(11)9-16)6-13(17)8-15/h3-5H,2,6-8H2,1H3. The number of ketones is 1. The summed E-state index contributed by atoms with van der Waals surface area (Å²) in [4.78, 5) is 22.7. The molecule has 1 aromatic rings. The van der Waals surface area contributed by atoms with Crippen molar-refractivity contribution in [3.05, 3.63) is 34.9 Å². The Kier molecular flexibility index (Phi) is 6.23. The van der Waals surface area contributed by atoms with Gasteiger partial charge in [0, 0.05) is 6.42 Å². The number of benzene rings is 1. The minimum absolute atomic E-state index is 0.0435. The summed E-state index contributed by atoms with van der Waals surface area (Å²) in [7, 11) is 0. The summed E-state index contributed by atoms with van der Waals surface area (Å²) in [6, 6.07) is 7.15. The van der Waals surface area contributed by atoms with E-state index in [0.717, 1.165) is 5.56 Å². The van der Waals surface area contributed by atoms with E-state index in [2.05, 4.69) is 15.9 Å². The average molecular weight is 324 g/mol. The Bertz CT molecular complexity index is 520. The van der Waals surface area contributed by atoms with Crippen molar-refractivity contribution in [1.82, 2.24) is 0 Å². The fourth-order valence-corrected chi connectivity index (χ4v) is 1.83. The first-order valence-electron chi connectivity index (χ1n) is 5.85. The Morgan fingerprint density at radius 2 is 2.11 bits per heavy atom. The first-order valence-corrected chi connectivity index (χ1v) is 6.98. The molecule has 0 aliphatic carbocycles. The van der Waals surface area contributed by atoms with E-state index in [4.69, 9.17) is 10.00 Å². The van der Waals surface area contributed by atoms with Crippen LogP contribution in [0.2, 0.25) is 0 Å². The lowest BCUT2D eigenvalue weighted by molar-refractivity contribution is -0.142. The molecule has 0 amide bonds. The highest BCUT2D eigenvalue weighted by Gasteiger charge is 2.10. The molecule has 0 aliphatic heterocycles. The summed E-state index contributed by atoms with van der Waals surface area (Å²) in [5.74, 6) is -0.315. The minimum Gasteiger partial charge on any atom is -0.466 e. The zero-order chi connectivity index (χ0) is 14.3. The maximum atomic E-state index is 11.4. The van der Waals surface area contributed by atoms with Crippen molar-refractivity contribution >= 4 is 27.7 Å². The van der Waals surface area contributed by atoms with Gasteiger partial charge in [-0.15, -0.1) is 0 Å². The molecule has 19 heavy (non-hydrogen) atoms. The van der Waals surface area contributed by atoms with Gasteiger partial charge in [-0.3, -0.25) is 9.59 Å². The fourth-order valence-electron chi connectivity index (χ4n) is 1.63. The Hall–Kier alpha value is -1.67. The van der Waals surface area contributed by atoms with Gasteiger partial charge in [0.2, 0.25) is 0 Å². The monoisotopic (exact) mass is 323 g/mol. The Morgan fingerprint density at radius 3 is 2.68 bits per heavy atom. The number of esters is 1. The van der Waals surface area contributed by atoms with Gasteiger partial charge in [0.1, 0.15) is 5.78 Å². The van der Waals surface area contributed by atoms with Crippen LogP contribution < -0.4 is 0 Å². The summed E-state index contributed by atoms with van der Waals surface area (Å²) in [6.07, 6.45) is 0.350. The van der Waals surface area contributed by atoms with Crippen LogP contribution in [-0.4, -0.2) is 23.7 Å². The van der Waals surface area contributed by atoms with Crippen molar-refractivity contribution in [2.75, 3.05) is 11.9 Å². The number of halogens is 1. The first-order chi connectivity index (χ1) is 9.10. The fraction of sp³-hybridized carbons (Fsp3) is 0.357. The Balaban J connectivity index is 2.88. The predicted molar refractivity (Wildman–Crippen MR) is 74.0 cm³/mol. The molecule has 0 bridgehead atoms. The van der Waals surface area contributed by atoms with Crippen LogP contribution in [-0.2, 0) is 27.2 Å². The van der Waals surface area contributed by atoms with Gasteiger partial charge in [0.25, 0.3) is 0 Å². The highest BCUT2D eigenvalue weighted by molar-refractivity contribution is 9.09. The summed E-state index contributed by atoms with van der Waals surface area (Å²) in [6.45, 7) is 2.05. The van der Waals surface area contributed by atoms with E-state index in [0.29, 0.717) is 23.1 Å². The molecule has 0 radical (unpaired) electrons. The lowest BCUT2D eigenvalue weighted by atomic mass is 10.00. The molecule has 0 saturated heterocycles. The molecule has 5 heteroatoms. The van der Waals surface area contributed by atoms with Crippen LogP contribution in [0.3, 0.4) is 0 Å². The predicted octanol–water partition coefficient (Wildman–Crippen LogP) is 2.17. The van der Waals surface area contributed by atoms with Crippen LogP contribution >= 0.6 is 15.9 Å². The normalized spacial score (nSPS) is 9.74. The second-order valence-corrected chi connectivity index (χ2v) is 4.49. The number of hydrogen-bond acceptors (Lipinski definition) is 4. The third-order valence-corrected chi connectivity index (χ3v) is 3.11. The van der Waals surface area contributed by atoms with Gasteiger partial charge in [-0.1, -0.05) is 28.1 Å². The molecule has 0 saturated carbocycles.